The van der Waals surface area contributed by atoms with Gasteiger partial charge in [-0.15, -0.1) is 23.7 Å². The molecule has 0 aliphatic carbocycles. The van der Waals surface area contributed by atoms with Crippen molar-refractivity contribution in [3.05, 3.63) is 59.7 Å². The van der Waals surface area contributed by atoms with Crippen LogP contribution in [0.15, 0.2) is 58.5 Å². The zero-order valence-electron chi connectivity index (χ0n) is 27.3. The van der Waals surface area contributed by atoms with Gasteiger partial charge in [0.05, 0.1) is 17.1 Å². The molecule has 236 valence electrons. The summed E-state index contributed by atoms with van der Waals surface area (Å²) >= 11 is 0. The molecule has 0 fully saturated rings. The minimum atomic E-state index is 0. The van der Waals surface area contributed by atoms with Crippen LogP contribution in [-0.4, -0.2) is 11.9 Å². The van der Waals surface area contributed by atoms with Gasteiger partial charge in [0.25, 0.3) is 0 Å². The molecule has 0 heterocycles. The Balaban J connectivity index is 0.00000924. The molecule has 0 aliphatic heterocycles. The van der Waals surface area contributed by atoms with E-state index < -0.39 is 0 Å². The first-order valence-electron chi connectivity index (χ1n) is 17.0. The van der Waals surface area contributed by atoms with Gasteiger partial charge in [-0.2, -0.15) is 0 Å². The number of hydrogen-bond donors (Lipinski definition) is 0. The Morgan fingerprint density at radius 2 is 1.02 bits per heavy atom. The second-order valence-electron chi connectivity index (χ2n) is 11.3. The van der Waals surface area contributed by atoms with Gasteiger partial charge in [-0.25, -0.2) is 0 Å². The zero-order chi connectivity index (χ0) is 29.9. The molecule has 2 aromatic rings. The Labute approximate surface area is 278 Å². The fourth-order valence-electron chi connectivity index (χ4n) is 4.85. The van der Waals surface area contributed by atoms with Gasteiger partial charge in [-0.3, -0.25) is 9.98 Å². The first-order chi connectivity index (χ1) is 20.8. The minimum absolute atomic E-state index is 0. The number of aryl methyl sites for hydroxylation is 2. The quantitative estimate of drug-likeness (QED) is 0.0580. The van der Waals surface area contributed by atoms with Crippen LogP contribution in [0.4, 0.5) is 11.4 Å². The third kappa shape index (κ3) is 18.7. The standard InChI is InChI=1S/C40H56N2.Pd/c1-4-7-10-12-14-16-18-20-22-28-36-30-24-26-33-39(36)41-35-38(32-9-6-3)42-40-34-27-25-31-37(40)29-23-21-19-17-15-13-11-8-5-2;/h24-27,30-31,33-35H,4-15,20-23,28-29,32H2,1-3H3;. The van der Waals surface area contributed by atoms with Crippen molar-refractivity contribution in [1.82, 2.24) is 0 Å². The van der Waals surface area contributed by atoms with E-state index in [-0.39, 0.29) is 20.4 Å². The van der Waals surface area contributed by atoms with E-state index in [1.54, 1.807) is 0 Å². The first kappa shape index (κ1) is 38.6. The summed E-state index contributed by atoms with van der Waals surface area (Å²) in [6.07, 6.45) is 23.6. The number of para-hydroxylation sites is 2. The Bertz CT molecular complexity index is 1170. The van der Waals surface area contributed by atoms with Crippen LogP contribution in [0.3, 0.4) is 0 Å². The van der Waals surface area contributed by atoms with Gasteiger partial charge < -0.3 is 0 Å². The van der Waals surface area contributed by atoms with Gasteiger partial charge in [0.15, 0.2) is 0 Å². The van der Waals surface area contributed by atoms with Gasteiger partial charge in [-0.1, -0.05) is 102 Å². The number of nitrogens with zero attached hydrogens (tertiary/aromatic N) is 2. The summed E-state index contributed by atoms with van der Waals surface area (Å²) in [7, 11) is 0. The van der Waals surface area contributed by atoms with E-state index in [2.05, 4.69) is 93.0 Å². The summed E-state index contributed by atoms with van der Waals surface area (Å²) in [5.74, 6) is 13.5. The number of rotatable bonds is 20. The fourth-order valence-corrected chi connectivity index (χ4v) is 4.85. The maximum atomic E-state index is 5.13. The van der Waals surface area contributed by atoms with Crippen molar-refractivity contribution in [3.8, 4) is 23.7 Å². The molecule has 0 atom stereocenters. The van der Waals surface area contributed by atoms with Crippen molar-refractivity contribution in [3.63, 3.8) is 0 Å². The third-order valence-electron chi connectivity index (χ3n) is 7.44. The topological polar surface area (TPSA) is 24.7 Å². The Morgan fingerprint density at radius 1 is 0.558 bits per heavy atom. The molecule has 2 aromatic carbocycles. The predicted octanol–water partition coefficient (Wildman–Crippen LogP) is 11.9. The number of aliphatic imine (C=N–C) groups is 2. The predicted molar refractivity (Wildman–Crippen MR) is 187 cm³/mol. The Morgan fingerprint density at radius 3 is 1.56 bits per heavy atom. The summed E-state index contributed by atoms with van der Waals surface area (Å²) in [5, 5.41) is 0. The molecule has 0 aliphatic rings. The van der Waals surface area contributed by atoms with Crippen LogP contribution in [0.25, 0.3) is 0 Å². The monoisotopic (exact) mass is 670 g/mol. The van der Waals surface area contributed by atoms with Crippen molar-refractivity contribution >= 4 is 23.3 Å². The van der Waals surface area contributed by atoms with Crippen molar-refractivity contribution in [2.75, 3.05) is 0 Å². The zero-order valence-corrected chi connectivity index (χ0v) is 28.9. The summed E-state index contributed by atoms with van der Waals surface area (Å²) in [4.78, 5) is 10.1. The van der Waals surface area contributed by atoms with Crippen LogP contribution in [0.5, 0.6) is 0 Å². The van der Waals surface area contributed by atoms with Crippen molar-refractivity contribution in [1.29, 1.82) is 0 Å². The first-order valence-corrected chi connectivity index (χ1v) is 17.0. The molecule has 0 spiro atoms. The molecule has 0 saturated carbocycles. The molecule has 0 N–H and O–H groups in total. The van der Waals surface area contributed by atoms with E-state index in [4.69, 9.17) is 9.98 Å². The molecular formula is C40H56N2Pd. The van der Waals surface area contributed by atoms with E-state index in [1.165, 1.54) is 62.5 Å². The molecular weight excluding hydrogens is 615 g/mol. The average Bonchev–Trinajstić information content (AvgIpc) is 3.02. The maximum Gasteiger partial charge on any atom is 0.0665 e. The SMILES string of the molecule is CCCCCCC#CCCCc1ccccc1N=CC(CCCC)=Nc1ccccc1CCCC#CCCCCCC.[Pd]. The van der Waals surface area contributed by atoms with Gasteiger partial charge in [0.2, 0.25) is 0 Å². The molecule has 0 unspecified atom stereocenters. The van der Waals surface area contributed by atoms with E-state index in [0.717, 1.165) is 87.7 Å². The van der Waals surface area contributed by atoms with Crippen molar-refractivity contribution in [2.45, 2.75) is 143 Å². The fraction of sp³-hybridized carbons (Fsp3) is 0.550. The Kier molecular flexibility index (Phi) is 24.4. The molecule has 2 nitrogen and oxygen atoms in total. The molecule has 0 radical (unpaired) electrons. The van der Waals surface area contributed by atoms with Crippen molar-refractivity contribution < 1.29 is 20.4 Å². The van der Waals surface area contributed by atoms with Crippen LogP contribution in [0.1, 0.15) is 141 Å². The second kappa shape index (κ2) is 27.1. The summed E-state index contributed by atoms with van der Waals surface area (Å²) in [6.45, 7) is 6.74. The number of hydrogen-bond acceptors (Lipinski definition) is 2. The summed E-state index contributed by atoms with van der Waals surface area (Å²) in [5.41, 5.74) is 5.77. The molecule has 43 heavy (non-hydrogen) atoms. The van der Waals surface area contributed by atoms with Crippen molar-refractivity contribution in [2.24, 2.45) is 9.98 Å². The largest absolute Gasteiger partial charge is 0.255 e. The van der Waals surface area contributed by atoms with E-state index in [9.17, 15) is 0 Å². The van der Waals surface area contributed by atoms with E-state index in [1.807, 2.05) is 6.21 Å². The Hall–Kier alpha value is -2.44. The van der Waals surface area contributed by atoms with Crippen LogP contribution < -0.4 is 0 Å². The molecule has 0 aromatic heterocycles. The van der Waals surface area contributed by atoms with Gasteiger partial charge in [0.1, 0.15) is 0 Å². The maximum absolute atomic E-state index is 5.13. The number of benzene rings is 2. The average molecular weight is 671 g/mol. The van der Waals surface area contributed by atoms with Crippen LogP contribution in [-0.2, 0) is 33.3 Å². The molecule has 0 bridgehead atoms. The third-order valence-corrected chi connectivity index (χ3v) is 7.44. The smallest absolute Gasteiger partial charge is 0.0665 e. The molecule has 0 amide bonds. The van der Waals surface area contributed by atoms with Crippen LogP contribution in [0.2, 0.25) is 0 Å². The summed E-state index contributed by atoms with van der Waals surface area (Å²) in [6, 6.07) is 17.1. The molecule has 3 heteroatoms. The number of unbranched alkanes of at least 4 members (excludes halogenated alkanes) is 11. The van der Waals surface area contributed by atoms with E-state index >= 15 is 0 Å². The van der Waals surface area contributed by atoms with E-state index in [0.29, 0.717) is 0 Å². The van der Waals surface area contributed by atoms with Gasteiger partial charge in [0, 0.05) is 52.3 Å². The van der Waals surface area contributed by atoms with Gasteiger partial charge >= 0.3 is 0 Å². The molecule has 2 rings (SSSR count). The molecule has 0 saturated heterocycles. The normalized spacial score (nSPS) is 11.0. The van der Waals surface area contributed by atoms with Crippen LogP contribution in [0, 0.1) is 23.7 Å². The second-order valence-corrected chi connectivity index (χ2v) is 11.3. The van der Waals surface area contributed by atoms with Gasteiger partial charge in [-0.05, 0) is 74.6 Å². The van der Waals surface area contributed by atoms with Crippen LogP contribution >= 0.6 is 0 Å². The minimum Gasteiger partial charge on any atom is -0.255 e. The summed E-state index contributed by atoms with van der Waals surface area (Å²) < 4.78 is 0.